The van der Waals surface area contributed by atoms with Crippen molar-refractivity contribution in [1.29, 1.82) is 0 Å². The van der Waals surface area contributed by atoms with Gasteiger partial charge in [-0.25, -0.2) is 9.50 Å². The van der Waals surface area contributed by atoms with Gasteiger partial charge in [-0.2, -0.15) is 10.2 Å². The molecule has 42 heavy (non-hydrogen) atoms. The monoisotopic (exact) mass is 555 g/mol. The van der Waals surface area contributed by atoms with E-state index in [1.807, 2.05) is 82.4 Å². The highest BCUT2D eigenvalue weighted by molar-refractivity contribution is 6.01. The SMILES string of the molecule is Cc1nn(C)c(C)c1C#Cc1cccc2cc(C(C)NC(=O)c3c(C)nn4cccnc34)n(-c3ccccc3)c(=O)c12. The Morgan fingerprint density at radius 3 is 2.48 bits per heavy atom. The van der Waals surface area contributed by atoms with E-state index in [1.165, 1.54) is 0 Å². The predicted molar refractivity (Wildman–Crippen MR) is 162 cm³/mol. The first-order chi connectivity index (χ1) is 20.2. The van der Waals surface area contributed by atoms with E-state index in [0.717, 1.165) is 22.3 Å². The summed E-state index contributed by atoms with van der Waals surface area (Å²) in [6.45, 7) is 7.54. The Morgan fingerprint density at radius 1 is 0.952 bits per heavy atom. The van der Waals surface area contributed by atoms with Crippen LogP contribution in [0.3, 0.4) is 0 Å². The second kappa shape index (κ2) is 10.5. The highest BCUT2D eigenvalue weighted by Crippen LogP contribution is 2.24. The van der Waals surface area contributed by atoms with Crippen LogP contribution in [0, 0.1) is 32.6 Å². The quantitative estimate of drug-likeness (QED) is 0.321. The van der Waals surface area contributed by atoms with Crippen LogP contribution in [0.5, 0.6) is 0 Å². The summed E-state index contributed by atoms with van der Waals surface area (Å²) in [5.74, 6) is 6.17. The van der Waals surface area contributed by atoms with E-state index in [1.54, 1.807) is 39.1 Å². The van der Waals surface area contributed by atoms with Crippen molar-refractivity contribution in [2.45, 2.75) is 33.7 Å². The van der Waals surface area contributed by atoms with Crippen molar-refractivity contribution in [3.63, 3.8) is 0 Å². The van der Waals surface area contributed by atoms with Gasteiger partial charge < -0.3 is 5.32 Å². The number of hydrogen-bond acceptors (Lipinski definition) is 5. The molecule has 1 amide bonds. The van der Waals surface area contributed by atoms with Crippen LogP contribution in [-0.2, 0) is 7.05 Å². The molecule has 0 bridgehead atoms. The van der Waals surface area contributed by atoms with Crippen molar-refractivity contribution in [2.24, 2.45) is 7.05 Å². The number of aryl methyl sites for hydroxylation is 3. The zero-order valence-corrected chi connectivity index (χ0v) is 24.0. The summed E-state index contributed by atoms with van der Waals surface area (Å²) in [5.41, 5.74) is 5.83. The summed E-state index contributed by atoms with van der Waals surface area (Å²) in [7, 11) is 1.89. The van der Waals surface area contributed by atoms with Gasteiger partial charge in [-0.3, -0.25) is 18.8 Å². The Balaban J connectivity index is 1.49. The first-order valence-electron chi connectivity index (χ1n) is 13.6. The normalized spacial score (nSPS) is 11.8. The highest BCUT2D eigenvalue weighted by atomic mass is 16.2. The van der Waals surface area contributed by atoms with Crippen molar-refractivity contribution in [1.82, 2.24) is 34.3 Å². The molecule has 0 aliphatic rings. The van der Waals surface area contributed by atoms with Gasteiger partial charge in [0.25, 0.3) is 11.5 Å². The minimum atomic E-state index is -0.525. The van der Waals surface area contributed by atoms with Crippen LogP contribution in [0.15, 0.2) is 77.9 Å². The van der Waals surface area contributed by atoms with E-state index in [-0.39, 0.29) is 11.5 Å². The van der Waals surface area contributed by atoms with Crippen molar-refractivity contribution < 1.29 is 4.79 Å². The molecule has 0 fully saturated rings. The standard InChI is InChI=1S/C33H29N7O2/c1-20-27(23(4)38(5)36-20)16-15-24-11-9-12-25-19-28(40(33(42)30(24)25)26-13-7-6-8-14-26)21(2)35-32(41)29-22(3)37-39-18-10-17-34-31(29)39/h6-14,17-19,21H,1-5H3,(H,35,41). The molecule has 0 radical (unpaired) electrons. The summed E-state index contributed by atoms with van der Waals surface area (Å²) in [6, 6.07) is 18.2. The molecule has 6 aromatic rings. The van der Waals surface area contributed by atoms with Crippen molar-refractivity contribution in [3.8, 4) is 17.5 Å². The second-order valence-corrected chi connectivity index (χ2v) is 10.3. The van der Waals surface area contributed by atoms with Crippen LogP contribution < -0.4 is 10.9 Å². The first kappa shape index (κ1) is 26.7. The molecule has 1 N–H and O–H groups in total. The maximum Gasteiger partial charge on any atom is 0.264 e. The molecule has 208 valence electrons. The van der Waals surface area contributed by atoms with Gasteiger partial charge in [0.05, 0.1) is 34.1 Å². The van der Waals surface area contributed by atoms with Gasteiger partial charge in [0.1, 0.15) is 5.56 Å². The van der Waals surface area contributed by atoms with E-state index >= 15 is 0 Å². The zero-order valence-electron chi connectivity index (χ0n) is 24.0. The number of rotatable bonds is 4. The average Bonchev–Trinajstić information content (AvgIpc) is 3.44. The number of amides is 1. The summed E-state index contributed by atoms with van der Waals surface area (Å²) < 4.78 is 5.04. The molecule has 0 saturated heterocycles. The predicted octanol–water partition coefficient (Wildman–Crippen LogP) is 4.58. The van der Waals surface area contributed by atoms with Crippen molar-refractivity contribution >= 4 is 22.3 Å². The van der Waals surface area contributed by atoms with Gasteiger partial charge in [-0.1, -0.05) is 42.2 Å². The molecule has 9 heteroatoms. The Bertz CT molecular complexity index is 2130. The lowest BCUT2D eigenvalue weighted by Gasteiger charge is -2.21. The zero-order chi connectivity index (χ0) is 29.5. The average molecular weight is 556 g/mol. The highest BCUT2D eigenvalue weighted by Gasteiger charge is 2.23. The maximum atomic E-state index is 14.3. The summed E-state index contributed by atoms with van der Waals surface area (Å²) in [6.07, 6.45) is 3.38. The second-order valence-electron chi connectivity index (χ2n) is 10.3. The maximum absolute atomic E-state index is 14.3. The molecule has 0 saturated carbocycles. The molecule has 1 atom stereocenters. The topological polar surface area (TPSA) is 99.1 Å². The van der Waals surface area contributed by atoms with Gasteiger partial charge in [-0.05, 0) is 63.4 Å². The minimum absolute atomic E-state index is 0.215. The summed E-state index contributed by atoms with van der Waals surface area (Å²) >= 11 is 0. The smallest absolute Gasteiger partial charge is 0.264 e. The summed E-state index contributed by atoms with van der Waals surface area (Å²) in [5, 5.41) is 13.2. The molecule has 0 spiro atoms. The lowest BCUT2D eigenvalue weighted by Crippen LogP contribution is -2.32. The molecular formula is C33H29N7O2. The number of carbonyl (C=O) groups is 1. The van der Waals surface area contributed by atoms with Gasteiger partial charge in [-0.15, -0.1) is 0 Å². The lowest BCUT2D eigenvalue weighted by molar-refractivity contribution is 0.0939. The number of nitrogens with zero attached hydrogens (tertiary/aromatic N) is 6. The lowest BCUT2D eigenvalue weighted by atomic mass is 10.0. The van der Waals surface area contributed by atoms with Gasteiger partial charge in [0, 0.05) is 36.4 Å². The molecule has 1 unspecified atom stereocenters. The van der Waals surface area contributed by atoms with E-state index in [9.17, 15) is 9.59 Å². The van der Waals surface area contributed by atoms with E-state index < -0.39 is 6.04 Å². The Hall–Kier alpha value is -5.49. The number of nitrogens with one attached hydrogen (secondary N) is 1. The molecule has 0 aliphatic heterocycles. The number of pyridine rings is 1. The number of para-hydroxylation sites is 1. The number of aromatic nitrogens is 6. The molecule has 2 aromatic carbocycles. The number of carbonyl (C=O) groups excluding carboxylic acids is 1. The molecule has 4 aromatic heterocycles. The van der Waals surface area contributed by atoms with E-state index in [4.69, 9.17) is 0 Å². The van der Waals surface area contributed by atoms with E-state index in [2.05, 4.69) is 32.3 Å². The fourth-order valence-corrected chi connectivity index (χ4v) is 5.34. The molecule has 9 nitrogen and oxygen atoms in total. The fourth-order valence-electron chi connectivity index (χ4n) is 5.34. The molecular weight excluding hydrogens is 526 g/mol. The molecule has 4 heterocycles. The van der Waals surface area contributed by atoms with Crippen molar-refractivity contribution in [3.05, 3.63) is 123 Å². The van der Waals surface area contributed by atoms with Gasteiger partial charge in [0.15, 0.2) is 5.65 Å². The van der Waals surface area contributed by atoms with Crippen LogP contribution in [0.25, 0.3) is 22.1 Å². The number of fused-ring (bicyclic) bond motifs is 2. The van der Waals surface area contributed by atoms with Gasteiger partial charge in [0.2, 0.25) is 0 Å². The third-order valence-corrected chi connectivity index (χ3v) is 7.51. The Kier molecular flexibility index (Phi) is 6.67. The first-order valence-corrected chi connectivity index (χ1v) is 13.6. The largest absolute Gasteiger partial charge is 0.344 e. The number of hydrogen-bond donors (Lipinski definition) is 1. The van der Waals surface area contributed by atoms with Crippen LogP contribution in [0.4, 0.5) is 0 Å². The van der Waals surface area contributed by atoms with Crippen LogP contribution in [-0.4, -0.2) is 34.9 Å². The Morgan fingerprint density at radius 2 is 1.74 bits per heavy atom. The van der Waals surface area contributed by atoms with E-state index in [0.29, 0.717) is 39.2 Å². The fraction of sp³-hybridized carbons (Fsp3) is 0.182. The minimum Gasteiger partial charge on any atom is -0.344 e. The third kappa shape index (κ3) is 4.53. The van der Waals surface area contributed by atoms with Crippen LogP contribution in [0.1, 0.15) is 57.2 Å². The molecule has 0 aliphatic carbocycles. The Labute approximate surface area is 242 Å². The van der Waals surface area contributed by atoms with Crippen molar-refractivity contribution in [2.75, 3.05) is 0 Å². The third-order valence-electron chi connectivity index (χ3n) is 7.51. The molecule has 6 rings (SSSR count). The van der Waals surface area contributed by atoms with Gasteiger partial charge >= 0.3 is 0 Å². The van der Waals surface area contributed by atoms with Crippen LogP contribution in [0.2, 0.25) is 0 Å². The number of benzene rings is 2. The van der Waals surface area contributed by atoms with Crippen LogP contribution >= 0.6 is 0 Å². The summed E-state index contributed by atoms with van der Waals surface area (Å²) in [4.78, 5) is 32.2.